The first-order chi connectivity index (χ1) is 19.1. The molecule has 3 heterocycles. The molecule has 1 aliphatic carbocycles. The number of fused-ring (bicyclic) bond motifs is 1. The van der Waals surface area contributed by atoms with Crippen molar-refractivity contribution in [2.45, 2.75) is 57.0 Å². The van der Waals surface area contributed by atoms with E-state index in [1.165, 1.54) is 30.5 Å². The van der Waals surface area contributed by atoms with Crippen molar-refractivity contribution in [3.05, 3.63) is 30.0 Å². The lowest BCUT2D eigenvalue weighted by Gasteiger charge is -2.30. The van der Waals surface area contributed by atoms with Crippen molar-refractivity contribution in [1.82, 2.24) is 19.6 Å². The first-order valence-electron chi connectivity index (χ1n) is 13.8. The Bertz CT molecular complexity index is 1370. The molecule has 2 aromatic rings. The maximum atomic E-state index is 13.0. The van der Waals surface area contributed by atoms with Crippen LogP contribution < -0.4 is 25.2 Å². The third-order valence-corrected chi connectivity index (χ3v) is 9.36. The maximum Gasteiger partial charge on any atom is 0.251 e. The minimum absolute atomic E-state index is 0.0440. The van der Waals surface area contributed by atoms with Crippen LogP contribution in [0.2, 0.25) is 0 Å². The fourth-order valence-corrected chi connectivity index (χ4v) is 6.60. The third-order valence-electron chi connectivity index (χ3n) is 8.06. The van der Waals surface area contributed by atoms with E-state index >= 15 is 0 Å². The molecule has 2 N–H and O–H groups in total. The van der Waals surface area contributed by atoms with Gasteiger partial charge in [0.15, 0.2) is 5.82 Å². The molecule has 2 aliphatic heterocycles. The molecule has 5 rings (SSSR count). The highest BCUT2D eigenvalue weighted by Gasteiger charge is 2.32. The van der Waals surface area contributed by atoms with Gasteiger partial charge in [-0.3, -0.25) is 9.59 Å². The van der Waals surface area contributed by atoms with E-state index in [-0.39, 0.29) is 17.9 Å². The first kappa shape index (κ1) is 28.1. The van der Waals surface area contributed by atoms with Crippen molar-refractivity contribution in [1.29, 1.82) is 0 Å². The van der Waals surface area contributed by atoms with E-state index in [2.05, 4.69) is 20.5 Å². The van der Waals surface area contributed by atoms with E-state index < -0.39 is 10.0 Å². The smallest absolute Gasteiger partial charge is 0.251 e. The normalized spacial score (nSPS) is 19.3. The Balaban J connectivity index is 1.31. The maximum absolute atomic E-state index is 13.0. The number of benzene rings is 1. The number of amides is 2. The van der Waals surface area contributed by atoms with Gasteiger partial charge in [-0.15, -0.1) is 0 Å². The quantitative estimate of drug-likeness (QED) is 0.514. The topological polar surface area (TPSA) is 137 Å². The van der Waals surface area contributed by atoms with Crippen LogP contribution in [0.5, 0.6) is 5.75 Å². The Labute approximate surface area is 235 Å². The minimum Gasteiger partial charge on any atom is -0.495 e. The molecule has 0 atom stereocenters. The van der Waals surface area contributed by atoms with Crippen molar-refractivity contribution in [3.8, 4) is 5.75 Å². The van der Waals surface area contributed by atoms with E-state index in [0.29, 0.717) is 73.6 Å². The summed E-state index contributed by atoms with van der Waals surface area (Å²) in [5, 5.41) is 6.23. The Kier molecular flexibility index (Phi) is 8.13. The van der Waals surface area contributed by atoms with Crippen LogP contribution in [0, 0.1) is 0 Å². The van der Waals surface area contributed by atoms with E-state index in [9.17, 15) is 18.0 Å². The zero-order chi connectivity index (χ0) is 28.4. The van der Waals surface area contributed by atoms with Gasteiger partial charge in [-0.25, -0.2) is 17.7 Å². The van der Waals surface area contributed by atoms with Gasteiger partial charge < -0.3 is 25.2 Å². The van der Waals surface area contributed by atoms with Crippen LogP contribution in [-0.2, 0) is 14.8 Å². The summed E-state index contributed by atoms with van der Waals surface area (Å²) in [6, 6.07) is 5.36. The van der Waals surface area contributed by atoms with Gasteiger partial charge in [0.25, 0.3) is 5.91 Å². The Morgan fingerprint density at radius 3 is 2.50 bits per heavy atom. The molecule has 0 bridgehead atoms. The summed E-state index contributed by atoms with van der Waals surface area (Å²) in [7, 11) is 0.0702. The Morgan fingerprint density at radius 1 is 1.10 bits per heavy atom. The molecule has 1 saturated heterocycles. The number of ether oxygens (including phenoxy) is 1. The SMILES string of the molecule is COc1cc(C(=O)NC2CCN(S(C)(=O)=O)CC2)ccc1Nc1ncc2c(n1)N(C1CCCC1)CCC(=O)N2C. The number of hydrogen-bond acceptors (Lipinski definition) is 9. The van der Waals surface area contributed by atoms with Crippen LogP contribution in [-0.4, -0.2) is 86.6 Å². The molecule has 0 unspecified atom stereocenters. The monoisotopic (exact) mass is 571 g/mol. The molecule has 216 valence electrons. The summed E-state index contributed by atoms with van der Waals surface area (Å²) in [5.41, 5.74) is 1.73. The van der Waals surface area contributed by atoms with Gasteiger partial charge in [-0.05, 0) is 43.9 Å². The third kappa shape index (κ3) is 5.99. The van der Waals surface area contributed by atoms with Crippen molar-refractivity contribution in [2.75, 3.05) is 55.2 Å². The Morgan fingerprint density at radius 2 is 1.82 bits per heavy atom. The fourth-order valence-electron chi connectivity index (χ4n) is 5.73. The van der Waals surface area contributed by atoms with E-state index in [0.717, 1.165) is 18.7 Å². The van der Waals surface area contributed by atoms with Gasteiger partial charge in [-0.2, -0.15) is 4.98 Å². The second kappa shape index (κ2) is 11.6. The van der Waals surface area contributed by atoms with E-state index in [4.69, 9.17) is 9.72 Å². The number of hydrogen-bond donors (Lipinski definition) is 2. The predicted molar refractivity (Wildman–Crippen MR) is 153 cm³/mol. The van der Waals surface area contributed by atoms with Gasteiger partial charge in [0, 0.05) is 50.7 Å². The van der Waals surface area contributed by atoms with Crippen molar-refractivity contribution in [2.24, 2.45) is 0 Å². The number of sulfonamides is 1. The van der Waals surface area contributed by atoms with Crippen LogP contribution in [0.3, 0.4) is 0 Å². The second-order valence-corrected chi connectivity index (χ2v) is 12.7. The summed E-state index contributed by atoms with van der Waals surface area (Å²) in [6.45, 7) is 1.40. The lowest BCUT2D eigenvalue weighted by molar-refractivity contribution is -0.118. The zero-order valence-corrected chi connectivity index (χ0v) is 24.0. The molecule has 2 fully saturated rings. The number of piperidine rings is 1. The molecule has 13 heteroatoms. The van der Waals surface area contributed by atoms with E-state index in [1.54, 1.807) is 36.3 Å². The number of rotatable bonds is 7. The van der Waals surface area contributed by atoms with Gasteiger partial charge in [0.2, 0.25) is 21.9 Å². The molecule has 0 spiro atoms. The minimum atomic E-state index is -3.22. The number of anilines is 4. The van der Waals surface area contributed by atoms with Crippen molar-refractivity contribution >= 4 is 45.0 Å². The fraction of sp³-hybridized carbons (Fsp3) is 0.556. The zero-order valence-electron chi connectivity index (χ0n) is 23.2. The number of methoxy groups -OCH3 is 1. The standard InChI is InChI=1S/C27H37N7O5S/c1-32-22-17-28-27(31-25(22)34(15-12-24(32)35)20-6-4-5-7-20)30-21-9-8-18(16-23(21)39-2)26(36)29-19-10-13-33(14-11-19)40(3,37)38/h8-9,16-17,19-20H,4-7,10-15H2,1-3H3,(H,29,36)(H,28,30,31). The highest BCUT2D eigenvalue weighted by atomic mass is 32.2. The van der Waals surface area contributed by atoms with Crippen LogP contribution in [0.25, 0.3) is 0 Å². The highest BCUT2D eigenvalue weighted by molar-refractivity contribution is 7.88. The van der Waals surface area contributed by atoms with Gasteiger partial charge in [0.1, 0.15) is 11.4 Å². The van der Waals surface area contributed by atoms with Gasteiger partial charge >= 0.3 is 0 Å². The lowest BCUT2D eigenvalue weighted by Crippen LogP contribution is -2.46. The van der Waals surface area contributed by atoms with E-state index in [1.807, 2.05) is 0 Å². The van der Waals surface area contributed by atoms with Gasteiger partial charge in [0.05, 0.1) is 25.2 Å². The summed E-state index contributed by atoms with van der Waals surface area (Å²) in [5.74, 6) is 1.37. The molecule has 1 aromatic heterocycles. The molecular formula is C27H37N7O5S. The molecule has 2 amide bonds. The first-order valence-corrected chi connectivity index (χ1v) is 15.6. The number of carbonyl (C=O) groups is 2. The average molecular weight is 572 g/mol. The molecule has 0 radical (unpaired) electrons. The van der Waals surface area contributed by atoms with Gasteiger partial charge in [-0.1, -0.05) is 12.8 Å². The molecular weight excluding hydrogens is 534 g/mol. The molecule has 3 aliphatic rings. The lowest BCUT2D eigenvalue weighted by atomic mass is 10.1. The van der Waals surface area contributed by atoms with Crippen LogP contribution in [0.4, 0.5) is 23.1 Å². The molecule has 12 nitrogen and oxygen atoms in total. The second-order valence-electron chi connectivity index (χ2n) is 10.7. The van der Waals surface area contributed by atoms with Crippen LogP contribution >= 0.6 is 0 Å². The number of nitrogens with zero attached hydrogens (tertiary/aromatic N) is 5. The Hall–Kier alpha value is -3.45. The predicted octanol–water partition coefficient (Wildman–Crippen LogP) is 2.50. The summed E-state index contributed by atoms with van der Waals surface area (Å²) in [6.07, 6.45) is 8.94. The summed E-state index contributed by atoms with van der Waals surface area (Å²) < 4.78 is 30.5. The number of carbonyl (C=O) groups excluding carboxylic acids is 2. The molecule has 1 saturated carbocycles. The summed E-state index contributed by atoms with van der Waals surface area (Å²) in [4.78, 5) is 38.8. The number of aromatic nitrogens is 2. The largest absolute Gasteiger partial charge is 0.495 e. The van der Waals surface area contributed by atoms with Crippen molar-refractivity contribution < 1.29 is 22.7 Å². The number of nitrogens with one attached hydrogen (secondary N) is 2. The highest BCUT2D eigenvalue weighted by Crippen LogP contribution is 2.37. The summed E-state index contributed by atoms with van der Waals surface area (Å²) >= 11 is 0. The molecule has 1 aromatic carbocycles. The molecule has 40 heavy (non-hydrogen) atoms. The average Bonchev–Trinajstić information content (AvgIpc) is 3.44. The van der Waals surface area contributed by atoms with Crippen molar-refractivity contribution in [3.63, 3.8) is 0 Å². The van der Waals surface area contributed by atoms with Crippen LogP contribution in [0.15, 0.2) is 24.4 Å². The van der Waals surface area contributed by atoms with Crippen LogP contribution in [0.1, 0.15) is 55.3 Å².